The van der Waals surface area contributed by atoms with E-state index in [1.807, 2.05) is 6.92 Å². The molecular formula is C15H16O4. The first-order valence-electron chi connectivity index (χ1n) is 6.34. The second kappa shape index (κ2) is 5.26. The van der Waals surface area contributed by atoms with E-state index >= 15 is 0 Å². The number of fused-ring (bicyclic) bond motifs is 1. The molecular weight excluding hydrogens is 244 g/mol. The number of carbonyl (C=O) groups excluding carboxylic acids is 2. The maximum Gasteiger partial charge on any atom is 0.212 e. The Hall–Kier alpha value is -2.10. The van der Waals surface area contributed by atoms with Crippen LogP contribution in [0.4, 0.5) is 0 Å². The number of Topliss-reactive ketones (excluding diaryl/α,β-unsaturated/α-hetero) is 2. The number of unbranched alkanes of at least 4 members (excludes halogenated alkanes) is 1. The molecule has 0 bridgehead atoms. The van der Waals surface area contributed by atoms with Gasteiger partial charge in [0, 0.05) is 12.0 Å². The van der Waals surface area contributed by atoms with E-state index in [-0.39, 0.29) is 23.1 Å². The largest absolute Gasteiger partial charge is 0.504 e. The summed E-state index contributed by atoms with van der Waals surface area (Å²) in [7, 11) is 0. The zero-order valence-corrected chi connectivity index (χ0v) is 11.0. The molecule has 0 fully saturated rings. The van der Waals surface area contributed by atoms with Gasteiger partial charge in [0.2, 0.25) is 11.5 Å². The van der Waals surface area contributed by atoms with Crippen molar-refractivity contribution in [3.05, 3.63) is 29.5 Å². The summed E-state index contributed by atoms with van der Waals surface area (Å²) < 4.78 is 5.38. The molecule has 2 aromatic rings. The second-order valence-corrected chi connectivity index (χ2v) is 4.57. The molecule has 0 unspecified atom stereocenters. The van der Waals surface area contributed by atoms with E-state index in [0.29, 0.717) is 23.0 Å². The summed E-state index contributed by atoms with van der Waals surface area (Å²) in [5.74, 6) is -0.482. The predicted octanol–water partition coefficient (Wildman–Crippen LogP) is 3.71. The lowest BCUT2D eigenvalue weighted by molar-refractivity contribution is 0.0950. The van der Waals surface area contributed by atoms with Crippen LogP contribution in [-0.2, 0) is 0 Å². The van der Waals surface area contributed by atoms with Crippen molar-refractivity contribution in [2.24, 2.45) is 0 Å². The fourth-order valence-corrected chi connectivity index (χ4v) is 1.94. The molecule has 19 heavy (non-hydrogen) atoms. The maximum atomic E-state index is 11.9. The zero-order chi connectivity index (χ0) is 14.0. The van der Waals surface area contributed by atoms with E-state index in [0.717, 1.165) is 12.8 Å². The Morgan fingerprint density at radius 1 is 1.32 bits per heavy atom. The molecule has 0 aliphatic carbocycles. The molecule has 0 aliphatic rings. The van der Waals surface area contributed by atoms with Crippen LogP contribution in [0.5, 0.6) is 5.75 Å². The summed E-state index contributed by atoms with van der Waals surface area (Å²) in [4.78, 5) is 23.2. The quantitative estimate of drug-likeness (QED) is 0.832. The van der Waals surface area contributed by atoms with Gasteiger partial charge in [0.25, 0.3) is 0 Å². The normalized spacial score (nSPS) is 10.8. The molecule has 4 nitrogen and oxygen atoms in total. The van der Waals surface area contributed by atoms with Crippen molar-refractivity contribution in [3.63, 3.8) is 0 Å². The maximum absolute atomic E-state index is 11.9. The number of aromatic hydroxyl groups is 1. The molecule has 0 radical (unpaired) electrons. The molecule has 1 N–H and O–H groups in total. The Morgan fingerprint density at radius 3 is 2.68 bits per heavy atom. The number of hydrogen-bond donors (Lipinski definition) is 1. The second-order valence-electron chi connectivity index (χ2n) is 4.57. The lowest BCUT2D eigenvalue weighted by Crippen LogP contribution is -1.96. The highest BCUT2D eigenvalue weighted by atomic mass is 16.4. The summed E-state index contributed by atoms with van der Waals surface area (Å²) in [6.45, 7) is 3.44. The van der Waals surface area contributed by atoms with E-state index in [1.165, 1.54) is 6.92 Å². The van der Waals surface area contributed by atoms with Crippen LogP contribution in [0.2, 0.25) is 0 Å². The molecule has 100 valence electrons. The van der Waals surface area contributed by atoms with Crippen LogP contribution in [0, 0.1) is 0 Å². The molecule has 0 atom stereocenters. The lowest BCUT2D eigenvalue weighted by atomic mass is 10.1. The van der Waals surface area contributed by atoms with Crippen molar-refractivity contribution in [2.45, 2.75) is 33.1 Å². The van der Waals surface area contributed by atoms with E-state index in [9.17, 15) is 14.7 Å². The van der Waals surface area contributed by atoms with Crippen molar-refractivity contribution in [3.8, 4) is 5.75 Å². The van der Waals surface area contributed by atoms with Gasteiger partial charge >= 0.3 is 0 Å². The molecule has 4 heteroatoms. The topological polar surface area (TPSA) is 67.5 Å². The Labute approximate surface area is 111 Å². The number of hydrogen-bond acceptors (Lipinski definition) is 4. The molecule has 0 saturated heterocycles. The SMILES string of the molecule is CCCCC(=O)c1oc2ccc(C(C)=O)cc2c1O. The lowest BCUT2D eigenvalue weighted by Gasteiger charge is -1.96. The fourth-order valence-electron chi connectivity index (χ4n) is 1.94. The highest BCUT2D eigenvalue weighted by Crippen LogP contribution is 2.33. The van der Waals surface area contributed by atoms with Crippen LogP contribution in [-0.4, -0.2) is 16.7 Å². The molecule has 1 heterocycles. The van der Waals surface area contributed by atoms with Crippen molar-refractivity contribution < 1.29 is 19.1 Å². The van der Waals surface area contributed by atoms with E-state index < -0.39 is 0 Å². The summed E-state index contributed by atoms with van der Waals surface area (Å²) in [6.07, 6.45) is 2.01. The molecule has 0 saturated carbocycles. The average Bonchev–Trinajstić information content (AvgIpc) is 2.73. The van der Waals surface area contributed by atoms with Gasteiger partial charge < -0.3 is 9.52 Å². The number of carbonyl (C=O) groups is 2. The van der Waals surface area contributed by atoms with Crippen molar-refractivity contribution in [2.75, 3.05) is 0 Å². The van der Waals surface area contributed by atoms with Gasteiger partial charge in [-0.1, -0.05) is 13.3 Å². The minimum atomic E-state index is -0.208. The molecule has 0 spiro atoms. The van der Waals surface area contributed by atoms with Crippen molar-refractivity contribution in [1.29, 1.82) is 0 Å². The number of furan rings is 1. The summed E-state index contributed by atoms with van der Waals surface area (Å²) in [6, 6.07) is 4.77. The van der Waals surface area contributed by atoms with E-state index in [1.54, 1.807) is 18.2 Å². The van der Waals surface area contributed by atoms with Crippen molar-refractivity contribution >= 4 is 22.5 Å². The van der Waals surface area contributed by atoms with Crippen molar-refractivity contribution in [1.82, 2.24) is 0 Å². The number of benzene rings is 1. The molecule has 1 aromatic carbocycles. The summed E-state index contributed by atoms with van der Waals surface area (Å²) >= 11 is 0. The first-order valence-corrected chi connectivity index (χ1v) is 6.34. The van der Waals surface area contributed by atoms with Crippen LogP contribution in [0.1, 0.15) is 54.0 Å². The van der Waals surface area contributed by atoms with Crippen LogP contribution < -0.4 is 0 Å². The van der Waals surface area contributed by atoms with Crippen LogP contribution >= 0.6 is 0 Å². The fraction of sp³-hybridized carbons (Fsp3) is 0.333. The smallest absolute Gasteiger partial charge is 0.212 e. The van der Waals surface area contributed by atoms with Gasteiger partial charge in [-0.25, -0.2) is 0 Å². The Morgan fingerprint density at radius 2 is 2.05 bits per heavy atom. The Kier molecular flexibility index (Phi) is 3.69. The van der Waals surface area contributed by atoms with Gasteiger partial charge in [-0.3, -0.25) is 9.59 Å². The van der Waals surface area contributed by atoms with Gasteiger partial charge in [0.15, 0.2) is 11.5 Å². The standard InChI is InChI=1S/C15H16O4/c1-3-4-5-12(17)15-14(18)11-8-10(9(2)16)6-7-13(11)19-15/h6-8,18H,3-5H2,1-2H3. The highest BCUT2D eigenvalue weighted by molar-refractivity contribution is 6.04. The van der Waals surface area contributed by atoms with Crippen LogP contribution in [0.25, 0.3) is 11.0 Å². The zero-order valence-electron chi connectivity index (χ0n) is 11.0. The van der Waals surface area contributed by atoms with Crippen LogP contribution in [0.15, 0.2) is 22.6 Å². The molecule has 0 aliphatic heterocycles. The van der Waals surface area contributed by atoms with Gasteiger partial charge in [-0.2, -0.15) is 0 Å². The molecule has 1 aromatic heterocycles. The third-order valence-electron chi connectivity index (χ3n) is 3.08. The minimum Gasteiger partial charge on any atom is -0.504 e. The number of rotatable bonds is 5. The van der Waals surface area contributed by atoms with Crippen LogP contribution in [0.3, 0.4) is 0 Å². The van der Waals surface area contributed by atoms with Gasteiger partial charge in [-0.05, 0) is 31.5 Å². The number of ketones is 2. The van der Waals surface area contributed by atoms with E-state index in [2.05, 4.69) is 0 Å². The minimum absolute atomic E-state index is 0.0100. The Bertz CT molecular complexity index is 637. The summed E-state index contributed by atoms with van der Waals surface area (Å²) in [5, 5.41) is 10.4. The summed E-state index contributed by atoms with van der Waals surface area (Å²) in [5.41, 5.74) is 0.901. The monoisotopic (exact) mass is 260 g/mol. The van der Waals surface area contributed by atoms with Gasteiger partial charge in [0.1, 0.15) is 5.58 Å². The molecule has 2 rings (SSSR count). The first-order chi connectivity index (χ1) is 9.04. The van der Waals surface area contributed by atoms with Gasteiger partial charge in [-0.15, -0.1) is 0 Å². The first kappa shape index (κ1) is 13.3. The third-order valence-corrected chi connectivity index (χ3v) is 3.08. The Balaban J connectivity index is 2.45. The highest BCUT2D eigenvalue weighted by Gasteiger charge is 2.20. The van der Waals surface area contributed by atoms with Gasteiger partial charge in [0.05, 0.1) is 5.39 Å². The predicted molar refractivity (Wildman–Crippen MR) is 71.7 cm³/mol. The third kappa shape index (κ3) is 2.52. The molecule has 0 amide bonds. The average molecular weight is 260 g/mol. The van der Waals surface area contributed by atoms with E-state index in [4.69, 9.17) is 4.42 Å².